The summed E-state index contributed by atoms with van der Waals surface area (Å²) in [5.41, 5.74) is 3.73. The number of guanidine groups is 1. The standard InChI is InChI=1S/C14H13F3N4O4/c1-21-8(12(24)20-13(18)19)4-6-7(14(15,16)17)2-3-9(11(6)21)25-5-10(22)23/h2-4H,5H2,1H3,(H,22,23)(H4,18,19,20,24). The number of aryl methyl sites for hydroxylation is 1. The van der Waals surface area contributed by atoms with Crippen LogP contribution in [0, 0.1) is 5.41 Å². The van der Waals surface area contributed by atoms with Gasteiger partial charge in [-0.25, -0.2) is 4.79 Å². The van der Waals surface area contributed by atoms with Crippen LogP contribution >= 0.6 is 0 Å². The molecule has 134 valence electrons. The van der Waals surface area contributed by atoms with Crippen molar-refractivity contribution in [2.45, 2.75) is 6.18 Å². The fourth-order valence-electron chi connectivity index (χ4n) is 2.34. The first-order valence-electron chi connectivity index (χ1n) is 6.72. The molecule has 1 aromatic heterocycles. The smallest absolute Gasteiger partial charge is 0.417 e. The number of nitrogens with two attached hydrogens (primary N) is 1. The fourth-order valence-corrected chi connectivity index (χ4v) is 2.34. The summed E-state index contributed by atoms with van der Waals surface area (Å²) in [5.74, 6) is -3.00. The van der Waals surface area contributed by atoms with E-state index in [2.05, 4.69) is 0 Å². The molecule has 0 atom stereocenters. The highest BCUT2D eigenvalue weighted by Gasteiger charge is 2.34. The summed E-state index contributed by atoms with van der Waals surface area (Å²) in [7, 11) is 1.31. The van der Waals surface area contributed by atoms with Gasteiger partial charge in [0.1, 0.15) is 11.4 Å². The topological polar surface area (TPSA) is 130 Å². The van der Waals surface area contributed by atoms with Crippen molar-refractivity contribution in [3.05, 3.63) is 29.5 Å². The number of fused-ring (bicyclic) bond motifs is 1. The lowest BCUT2D eigenvalue weighted by Gasteiger charge is -2.12. The Morgan fingerprint density at radius 2 is 2.04 bits per heavy atom. The minimum atomic E-state index is -4.70. The molecule has 0 aliphatic heterocycles. The maximum atomic E-state index is 13.2. The van der Waals surface area contributed by atoms with E-state index in [-0.39, 0.29) is 22.3 Å². The van der Waals surface area contributed by atoms with E-state index >= 15 is 0 Å². The summed E-state index contributed by atoms with van der Waals surface area (Å²) >= 11 is 0. The van der Waals surface area contributed by atoms with Crippen molar-refractivity contribution in [3.63, 3.8) is 0 Å². The van der Waals surface area contributed by atoms with Crippen LogP contribution in [-0.2, 0) is 18.0 Å². The molecule has 1 amide bonds. The van der Waals surface area contributed by atoms with Crippen LogP contribution in [0.4, 0.5) is 13.2 Å². The van der Waals surface area contributed by atoms with Crippen LogP contribution in [0.25, 0.3) is 10.9 Å². The molecule has 0 aliphatic carbocycles. The molecule has 0 bridgehead atoms. The number of hydrogen-bond donors (Lipinski definition) is 4. The third-order valence-electron chi connectivity index (χ3n) is 3.30. The van der Waals surface area contributed by atoms with Gasteiger partial charge in [-0.1, -0.05) is 0 Å². The highest BCUT2D eigenvalue weighted by molar-refractivity contribution is 6.07. The van der Waals surface area contributed by atoms with Gasteiger partial charge in [-0.05, 0) is 18.2 Å². The Balaban J connectivity index is 2.69. The molecule has 11 heteroatoms. The van der Waals surface area contributed by atoms with Crippen molar-refractivity contribution in [1.29, 1.82) is 5.41 Å². The fraction of sp³-hybridized carbons (Fsp3) is 0.214. The number of carbonyl (C=O) groups is 2. The molecule has 25 heavy (non-hydrogen) atoms. The van der Waals surface area contributed by atoms with Crippen LogP contribution < -0.4 is 15.8 Å². The van der Waals surface area contributed by atoms with Crippen LogP contribution in [0.1, 0.15) is 16.1 Å². The molecule has 0 saturated heterocycles. The molecule has 8 nitrogen and oxygen atoms in total. The van der Waals surface area contributed by atoms with Crippen molar-refractivity contribution in [3.8, 4) is 5.75 Å². The van der Waals surface area contributed by atoms with E-state index in [4.69, 9.17) is 21.0 Å². The van der Waals surface area contributed by atoms with Crippen molar-refractivity contribution in [2.24, 2.45) is 12.8 Å². The number of nitrogens with one attached hydrogen (secondary N) is 2. The van der Waals surface area contributed by atoms with Gasteiger partial charge in [0.25, 0.3) is 5.91 Å². The van der Waals surface area contributed by atoms with Crippen LogP contribution in [0.3, 0.4) is 0 Å². The van der Waals surface area contributed by atoms with Gasteiger partial charge in [0, 0.05) is 12.4 Å². The Morgan fingerprint density at radius 3 is 2.56 bits per heavy atom. The minimum absolute atomic E-state index is 0.107. The molecular weight excluding hydrogens is 345 g/mol. The number of nitrogens with zero attached hydrogens (tertiary/aromatic N) is 1. The number of carbonyl (C=O) groups excluding carboxylic acids is 1. The molecular formula is C14H13F3N4O4. The lowest BCUT2D eigenvalue weighted by Crippen LogP contribution is -2.36. The van der Waals surface area contributed by atoms with E-state index in [0.29, 0.717) is 0 Å². The average Bonchev–Trinajstić information content (AvgIpc) is 2.81. The zero-order valence-corrected chi connectivity index (χ0v) is 12.8. The van der Waals surface area contributed by atoms with E-state index in [1.165, 1.54) is 7.05 Å². The Morgan fingerprint density at radius 1 is 1.40 bits per heavy atom. The lowest BCUT2D eigenvalue weighted by molar-refractivity contribution is -0.139. The molecule has 0 aliphatic rings. The highest BCUT2D eigenvalue weighted by Crippen LogP contribution is 2.39. The number of rotatable bonds is 4. The molecule has 0 radical (unpaired) electrons. The van der Waals surface area contributed by atoms with Gasteiger partial charge < -0.3 is 20.1 Å². The van der Waals surface area contributed by atoms with Gasteiger partial charge in [0.05, 0.1) is 11.1 Å². The Bertz CT molecular complexity index is 873. The quantitative estimate of drug-likeness (QED) is 0.483. The van der Waals surface area contributed by atoms with Gasteiger partial charge in [0.2, 0.25) is 0 Å². The number of ether oxygens (including phenoxy) is 1. The third-order valence-corrected chi connectivity index (χ3v) is 3.30. The zero-order valence-electron chi connectivity index (χ0n) is 12.8. The number of carboxylic acid groups (broad SMARTS) is 1. The van der Waals surface area contributed by atoms with Crippen LogP contribution in [-0.4, -0.2) is 34.1 Å². The number of carboxylic acids is 1. The first-order chi connectivity index (χ1) is 11.5. The van der Waals surface area contributed by atoms with Crippen LogP contribution in [0.15, 0.2) is 18.2 Å². The molecule has 1 heterocycles. The van der Waals surface area contributed by atoms with Crippen molar-refractivity contribution in [2.75, 3.05) is 6.61 Å². The van der Waals surface area contributed by atoms with Crippen molar-refractivity contribution < 1.29 is 32.6 Å². The normalized spacial score (nSPS) is 11.4. The summed E-state index contributed by atoms with van der Waals surface area (Å²) in [6.45, 7) is -0.763. The zero-order chi connectivity index (χ0) is 18.9. The maximum Gasteiger partial charge on any atom is 0.417 e. The minimum Gasteiger partial charge on any atom is -0.480 e. The Labute approximate surface area is 138 Å². The number of halogens is 3. The monoisotopic (exact) mass is 358 g/mol. The van der Waals surface area contributed by atoms with Crippen molar-refractivity contribution >= 4 is 28.7 Å². The van der Waals surface area contributed by atoms with E-state index in [1.807, 2.05) is 5.32 Å². The number of aromatic nitrogens is 1. The molecule has 2 rings (SSSR count). The van der Waals surface area contributed by atoms with Gasteiger partial charge in [-0.15, -0.1) is 0 Å². The second kappa shape index (κ2) is 6.34. The predicted molar refractivity (Wildman–Crippen MR) is 80.4 cm³/mol. The number of alkyl halides is 3. The molecule has 0 spiro atoms. The van der Waals surface area contributed by atoms with E-state index in [1.54, 1.807) is 0 Å². The molecule has 2 aromatic rings. The van der Waals surface area contributed by atoms with Gasteiger partial charge in [-0.3, -0.25) is 15.5 Å². The van der Waals surface area contributed by atoms with Crippen LogP contribution in [0.5, 0.6) is 5.75 Å². The SMILES string of the molecule is Cn1c(C(=O)NC(=N)N)cc2c(C(F)(F)F)ccc(OCC(=O)O)c21. The lowest BCUT2D eigenvalue weighted by atomic mass is 10.1. The van der Waals surface area contributed by atoms with Gasteiger partial charge in [0.15, 0.2) is 12.6 Å². The highest BCUT2D eigenvalue weighted by atomic mass is 19.4. The second-order valence-corrected chi connectivity index (χ2v) is 5.01. The van der Waals surface area contributed by atoms with E-state index in [9.17, 15) is 22.8 Å². The summed E-state index contributed by atoms with van der Waals surface area (Å²) in [6.07, 6.45) is -4.70. The van der Waals surface area contributed by atoms with E-state index in [0.717, 1.165) is 22.8 Å². The summed E-state index contributed by atoms with van der Waals surface area (Å²) in [4.78, 5) is 22.7. The third kappa shape index (κ3) is 3.65. The molecule has 1 aromatic carbocycles. The predicted octanol–water partition coefficient (Wildman–Crippen LogP) is 1.28. The largest absolute Gasteiger partial charge is 0.480 e. The Hall–Kier alpha value is -3.24. The molecule has 0 unspecified atom stereocenters. The first-order valence-corrected chi connectivity index (χ1v) is 6.72. The summed E-state index contributed by atoms with van der Waals surface area (Å²) < 4.78 is 45.8. The maximum absolute atomic E-state index is 13.2. The summed E-state index contributed by atoms with van der Waals surface area (Å²) in [6, 6.07) is 2.71. The summed E-state index contributed by atoms with van der Waals surface area (Å²) in [5, 5.41) is 17.4. The number of aliphatic carboxylic acids is 1. The average molecular weight is 358 g/mol. The molecule has 5 N–H and O–H groups in total. The van der Waals surface area contributed by atoms with Crippen LogP contribution in [0.2, 0.25) is 0 Å². The molecule has 0 fully saturated rings. The number of benzene rings is 1. The number of hydrogen-bond acceptors (Lipinski definition) is 4. The first kappa shape index (κ1) is 18.1. The number of amides is 1. The van der Waals surface area contributed by atoms with Crippen molar-refractivity contribution in [1.82, 2.24) is 9.88 Å². The second-order valence-electron chi connectivity index (χ2n) is 5.01. The van der Waals surface area contributed by atoms with Gasteiger partial charge >= 0.3 is 12.1 Å². The Kier molecular flexibility index (Phi) is 4.59. The van der Waals surface area contributed by atoms with Gasteiger partial charge in [-0.2, -0.15) is 13.2 Å². The molecule has 0 saturated carbocycles. The van der Waals surface area contributed by atoms with E-state index < -0.39 is 36.2 Å².